The van der Waals surface area contributed by atoms with Crippen LogP contribution >= 0.6 is 0 Å². The van der Waals surface area contributed by atoms with Crippen LogP contribution in [0.1, 0.15) is 23.6 Å². The zero-order chi connectivity index (χ0) is 14.3. The number of nitrogens with one attached hydrogen (secondary N) is 2. The SMILES string of the molecule is Cc1[nH]c2ccccc2c1C1CC(=O)NCC1C(=O)O. The van der Waals surface area contributed by atoms with Crippen molar-refractivity contribution in [1.29, 1.82) is 0 Å². The Kier molecular flexibility index (Phi) is 2.97. The van der Waals surface area contributed by atoms with Gasteiger partial charge in [0.1, 0.15) is 0 Å². The number of aliphatic carboxylic acids is 1. The predicted molar refractivity (Wildman–Crippen MR) is 74.5 cm³/mol. The molecule has 2 atom stereocenters. The maximum Gasteiger partial charge on any atom is 0.308 e. The zero-order valence-corrected chi connectivity index (χ0v) is 11.1. The molecule has 1 aromatic heterocycles. The van der Waals surface area contributed by atoms with Crippen LogP contribution in [-0.4, -0.2) is 28.5 Å². The fraction of sp³-hybridized carbons (Fsp3) is 0.333. The third-order valence-corrected chi connectivity index (χ3v) is 4.04. The van der Waals surface area contributed by atoms with Crippen LogP contribution in [0.3, 0.4) is 0 Å². The van der Waals surface area contributed by atoms with Gasteiger partial charge in [0.2, 0.25) is 5.91 Å². The first kappa shape index (κ1) is 12.7. The van der Waals surface area contributed by atoms with Crippen LogP contribution in [-0.2, 0) is 9.59 Å². The van der Waals surface area contributed by atoms with Crippen molar-refractivity contribution in [2.75, 3.05) is 6.54 Å². The summed E-state index contributed by atoms with van der Waals surface area (Å²) in [5.41, 5.74) is 2.88. The first-order valence-electron chi connectivity index (χ1n) is 6.64. The van der Waals surface area contributed by atoms with Crippen molar-refractivity contribution in [3.63, 3.8) is 0 Å². The summed E-state index contributed by atoms with van der Waals surface area (Å²) in [4.78, 5) is 26.4. The lowest BCUT2D eigenvalue weighted by Crippen LogP contribution is -2.43. The molecule has 2 heterocycles. The van der Waals surface area contributed by atoms with Gasteiger partial charge in [0.05, 0.1) is 5.92 Å². The molecule has 1 aliphatic heterocycles. The van der Waals surface area contributed by atoms with Gasteiger partial charge in [0.15, 0.2) is 0 Å². The van der Waals surface area contributed by atoms with Gasteiger partial charge in [0, 0.05) is 35.5 Å². The second kappa shape index (κ2) is 4.67. The van der Waals surface area contributed by atoms with Gasteiger partial charge < -0.3 is 15.4 Å². The molecule has 1 aromatic carbocycles. The molecule has 0 spiro atoms. The third-order valence-electron chi connectivity index (χ3n) is 4.04. The quantitative estimate of drug-likeness (QED) is 0.779. The smallest absolute Gasteiger partial charge is 0.308 e. The molecule has 3 N–H and O–H groups in total. The number of hydrogen-bond acceptors (Lipinski definition) is 2. The predicted octanol–water partition coefficient (Wildman–Crippen LogP) is 1.78. The largest absolute Gasteiger partial charge is 0.481 e. The summed E-state index contributed by atoms with van der Waals surface area (Å²) in [5.74, 6) is -1.81. The molecule has 0 bridgehead atoms. The summed E-state index contributed by atoms with van der Waals surface area (Å²) in [6, 6.07) is 7.80. The number of amides is 1. The Morgan fingerprint density at radius 2 is 2.10 bits per heavy atom. The summed E-state index contributed by atoms with van der Waals surface area (Å²) < 4.78 is 0. The molecule has 1 aliphatic rings. The highest BCUT2D eigenvalue weighted by Gasteiger charge is 2.37. The highest BCUT2D eigenvalue weighted by atomic mass is 16.4. The standard InChI is InChI=1S/C15H16N2O3/c1-8-14(9-4-2-3-5-12(9)17-8)10-6-13(18)16-7-11(10)15(19)20/h2-5,10-11,17H,6-7H2,1H3,(H,16,18)(H,19,20). The second-order valence-corrected chi connectivity index (χ2v) is 5.27. The number of H-pyrrole nitrogens is 1. The van der Waals surface area contributed by atoms with Gasteiger partial charge in [0.25, 0.3) is 0 Å². The molecule has 1 amide bonds. The van der Waals surface area contributed by atoms with E-state index in [9.17, 15) is 14.7 Å². The number of carboxylic acid groups (broad SMARTS) is 1. The highest BCUT2D eigenvalue weighted by Crippen LogP contribution is 2.37. The lowest BCUT2D eigenvalue weighted by Gasteiger charge is -2.29. The van der Waals surface area contributed by atoms with E-state index in [-0.39, 0.29) is 24.8 Å². The normalized spacial score (nSPS) is 22.8. The number of carbonyl (C=O) groups is 2. The van der Waals surface area contributed by atoms with Gasteiger partial charge in [-0.2, -0.15) is 0 Å². The van der Waals surface area contributed by atoms with Crippen molar-refractivity contribution in [2.45, 2.75) is 19.3 Å². The highest BCUT2D eigenvalue weighted by molar-refractivity contribution is 5.89. The van der Waals surface area contributed by atoms with E-state index >= 15 is 0 Å². The fourth-order valence-electron chi connectivity index (χ4n) is 3.12. The number of aryl methyl sites for hydroxylation is 1. The van der Waals surface area contributed by atoms with E-state index in [0.717, 1.165) is 22.2 Å². The van der Waals surface area contributed by atoms with E-state index < -0.39 is 11.9 Å². The minimum Gasteiger partial charge on any atom is -0.481 e. The summed E-state index contributed by atoms with van der Waals surface area (Å²) in [7, 11) is 0. The van der Waals surface area contributed by atoms with Crippen LogP contribution in [0.15, 0.2) is 24.3 Å². The number of piperidine rings is 1. The average molecular weight is 272 g/mol. The fourth-order valence-corrected chi connectivity index (χ4v) is 3.12. The lowest BCUT2D eigenvalue weighted by molar-refractivity contribution is -0.144. The number of benzene rings is 1. The molecule has 0 saturated carbocycles. The summed E-state index contributed by atoms with van der Waals surface area (Å²) in [5, 5.41) is 13.0. The van der Waals surface area contributed by atoms with Crippen LogP contribution in [0, 0.1) is 12.8 Å². The first-order chi connectivity index (χ1) is 9.58. The molecule has 5 heteroatoms. The van der Waals surface area contributed by atoms with Gasteiger partial charge >= 0.3 is 5.97 Å². The molecule has 3 rings (SSSR count). The van der Waals surface area contributed by atoms with Crippen molar-refractivity contribution in [1.82, 2.24) is 10.3 Å². The monoisotopic (exact) mass is 272 g/mol. The van der Waals surface area contributed by atoms with Gasteiger partial charge in [-0.1, -0.05) is 18.2 Å². The van der Waals surface area contributed by atoms with Gasteiger partial charge in [-0.25, -0.2) is 0 Å². The Hall–Kier alpha value is -2.30. The molecule has 0 radical (unpaired) electrons. The number of aromatic nitrogens is 1. The summed E-state index contributed by atoms with van der Waals surface area (Å²) in [6.45, 7) is 2.12. The molecule has 20 heavy (non-hydrogen) atoms. The molecule has 104 valence electrons. The van der Waals surface area contributed by atoms with Crippen LogP contribution in [0.2, 0.25) is 0 Å². The van der Waals surface area contributed by atoms with Gasteiger partial charge in [-0.05, 0) is 18.6 Å². The number of carboxylic acids is 1. The van der Waals surface area contributed by atoms with E-state index in [1.165, 1.54) is 0 Å². The molecule has 0 aliphatic carbocycles. The summed E-state index contributed by atoms with van der Waals surface area (Å²) >= 11 is 0. The van der Waals surface area contributed by atoms with E-state index in [1.54, 1.807) is 0 Å². The number of hydrogen-bond donors (Lipinski definition) is 3. The molecule has 5 nitrogen and oxygen atoms in total. The number of carbonyl (C=O) groups excluding carboxylic acids is 1. The number of aromatic amines is 1. The Balaban J connectivity index is 2.14. The number of rotatable bonds is 2. The molecule has 1 saturated heterocycles. The lowest BCUT2D eigenvalue weighted by atomic mass is 9.79. The van der Waals surface area contributed by atoms with Crippen LogP contribution in [0.25, 0.3) is 10.9 Å². The minimum absolute atomic E-state index is 0.0859. The van der Waals surface area contributed by atoms with Crippen LogP contribution < -0.4 is 5.32 Å². The molecule has 2 unspecified atom stereocenters. The third kappa shape index (κ3) is 1.95. The van der Waals surface area contributed by atoms with Crippen LogP contribution in [0.4, 0.5) is 0 Å². The first-order valence-corrected chi connectivity index (χ1v) is 6.64. The second-order valence-electron chi connectivity index (χ2n) is 5.27. The Bertz CT molecular complexity index is 689. The Labute approximate surface area is 116 Å². The van der Waals surface area contributed by atoms with E-state index in [2.05, 4.69) is 10.3 Å². The van der Waals surface area contributed by atoms with E-state index in [0.29, 0.717) is 0 Å². The van der Waals surface area contributed by atoms with Crippen molar-refractivity contribution in [3.05, 3.63) is 35.5 Å². The van der Waals surface area contributed by atoms with Crippen molar-refractivity contribution in [3.8, 4) is 0 Å². The molecular weight excluding hydrogens is 256 g/mol. The number of fused-ring (bicyclic) bond motifs is 1. The topological polar surface area (TPSA) is 82.2 Å². The summed E-state index contributed by atoms with van der Waals surface area (Å²) in [6.07, 6.45) is 0.222. The molecule has 2 aromatic rings. The zero-order valence-electron chi connectivity index (χ0n) is 11.1. The number of para-hydroxylation sites is 1. The Morgan fingerprint density at radius 1 is 1.35 bits per heavy atom. The Morgan fingerprint density at radius 3 is 2.85 bits per heavy atom. The molecular formula is C15H16N2O3. The van der Waals surface area contributed by atoms with Crippen molar-refractivity contribution in [2.24, 2.45) is 5.92 Å². The van der Waals surface area contributed by atoms with Gasteiger partial charge in [-0.3, -0.25) is 9.59 Å². The van der Waals surface area contributed by atoms with Gasteiger partial charge in [-0.15, -0.1) is 0 Å². The maximum absolute atomic E-state index is 11.7. The van der Waals surface area contributed by atoms with Crippen molar-refractivity contribution < 1.29 is 14.7 Å². The van der Waals surface area contributed by atoms with Crippen LogP contribution in [0.5, 0.6) is 0 Å². The maximum atomic E-state index is 11.7. The van der Waals surface area contributed by atoms with Crippen molar-refractivity contribution >= 4 is 22.8 Å². The van der Waals surface area contributed by atoms with E-state index in [4.69, 9.17) is 0 Å². The van der Waals surface area contributed by atoms with E-state index in [1.807, 2.05) is 31.2 Å². The average Bonchev–Trinajstić information content (AvgIpc) is 2.73. The minimum atomic E-state index is -0.861. The molecule has 1 fully saturated rings.